The molecule has 2 N–H and O–H groups in total. The third-order valence-corrected chi connectivity index (χ3v) is 5.52. The van der Waals surface area contributed by atoms with Crippen LogP contribution in [-0.4, -0.2) is 25.0 Å². The van der Waals surface area contributed by atoms with Gasteiger partial charge >= 0.3 is 0 Å². The van der Waals surface area contributed by atoms with E-state index in [0.717, 1.165) is 36.7 Å². The van der Waals surface area contributed by atoms with Gasteiger partial charge in [-0.25, -0.2) is 0 Å². The zero-order valence-electron chi connectivity index (χ0n) is 15.3. The molecule has 0 unspecified atom stereocenters. The van der Waals surface area contributed by atoms with Crippen molar-refractivity contribution in [2.24, 2.45) is 5.92 Å². The van der Waals surface area contributed by atoms with Crippen LogP contribution in [0.2, 0.25) is 0 Å². The lowest BCUT2D eigenvalue weighted by molar-refractivity contribution is -0.919. The van der Waals surface area contributed by atoms with Crippen LogP contribution < -0.4 is 10.2 Å². The summed E-state index contributed by atoms with van der Waals surface area (Å²) in [6.07, 6.45) is 3.57. The first-order chi connectivity index (χ1) is 12.1. The molecule has 1 atom stereocenters. The van der Waals surface area contributed by atoms with Crippen molar-refractivity contribution in [2.75, 3.05) is 18.4 Å². The Bertz CT molecular complexity index is 690. The van der Waals surface area contributed by atoms with Crippen LogP contribution in [-0.2, 0) is 11.2 Å². The molecule has 0 bridgehead atoms. The number of likely N-dealkylation sites (tertiary alicyclic amines) is 1. The summed E-state index contributed by atoms with van der Waals surface area (Å²) in [6.45, 7) is 6.25. The third kappa shape index (κ3) is 4.70. The summed E-state index contributed by atoms with van der Waals surface area (Å²) < 4.78 is 0. The van der Waals surface area contributed by atoms with E-state index in [1.54, 1.807) is 0 Å². The second kappa shape index (κ2) is 8.30. The number of amides is 1. The SMILES string of the molecule is Cc1ccccc1NC(=O)[C@H](C)[NH+]1CCC(Cc2ccccc2)CC1. The molecule has 0 spiro atoms. The van der Waals surface area contributed by atoms with E-state index in [1.807, 2.05) is 31.2 Å². The fraction of sp³-hybridized carbons (Fsp3) is 0.409. The number of carbonyl (C=O) groups is 1. The summed E-state index contributed by atoms with van der Waals surface area (Å²) in [4.78, 5) is 14.0. The topological polar surface area (TPSA) is 33.5 Å². The van der Waals surface area contributed by atoms with Gasteiger partial charge in [0.2, 0.25) is 0 Å². The number of quaternary nitrogens is 1. The monoisotopic (exact) mass is 337 g/mol. The molecule has 2 aromatic rings. The molecule has 1 heterocycles. The molecule has 0 radical (unpaired) electrons. The van der Waals surface area contributed by atoms with Crippen molar-refractivity contribution < 1.29 is 9.69 Å². The van der Waals surface area contributed by atoms with Crippen molar-refractivity contribution in [2.45, 2.75) is 39.2 Å². The Morgan fingerprint density at radius 3 is 2.40 bits per heavy atom. The number of anilines is 1. The normalized spacial score (nSPS) is 21.5. The first-order valence-corrected chi connectivity index (χ1v) is 9.38. The van der Waals surface area contributed by atoms with Crippen molar-refractivity contribution in [1.29, 1.82) is 0 Å². The highest BCUT2D eigenvalue weighted by molar-refractivity contribution is 5.94. The molecule has 132 valence electrons. The molecule has 1 fully saturated rings. The van der Waals surface area contributed by atoms with Gasteiger partial charge in [0.05, 0.1) is 13.1 Å². The van der Waals surface area contributed by atoms with Gasteiger partial charge in [0, 0.05) is 5.69 Å². The fourth-order valence-electron chi connectivity index (χ4n) is 3.77. The van der Waals surface area contributed by atoms with Gasteiger partial charge in [0.15, 0.2) is 6.04 Å². The van der Waals surface area contributed by atoms with E-state index < -0.39 is 0 Å². The summed E-state index contributed by atoms with van der Waals surface area (Å²) in [6, 6.07) is 18.7. The summed E-state index contributed by atoms with van der Waals surface area (Å²) in [5.41, 5.74) is 3.47. The Labute approximate surface area is 151 Å². The highest BCUT2D eigenvalue weighted by Crippen LogP contribution is 2.17. The highest BCUT2D eigenvalue weighted by Gasteiger charge is 2.30. The van der Waals surface area contributed by atoms with E-state index in [9.17, 15) is 4.79 Å². The minimum atomic E-state index is -0.00252. The second-order valence-electron chi connectivity index (χ2n) is 7.32. The molecule has 3 heteroatoms. The molecular formula is C22H29N2O+. The average Bonchev–Trinajstić information content (AvgIpc) is 2.64. The molecule has 0 saturated carbocycles. The van der Waals surface area contributed by atoms with E-state index in [1.165, 1.54) is 23.3 Å². The molecule has 25 heavy (non-hydrogen) atoms. The largest absolute Gasteiger partial charge is 0.325 e. The van der Waals surface area contributed by atoms with Crippen LogP contribution in [0.3, 0.4) is 0 Å². The van der Waals surface area contributed by atoms with Gasteiger partial charge in [0.1, 0.15) is 0 Å². The van der Waals surface area contributed by atoms with Crippen LogP contribution in [0.15, 0.2) is 54.6 Å². The smallest absolute Gasteiger partial charge is 0.282 e. The lowest BCUT2D eigenvalue weighted by atomic mass is 9.89. The van der Waals surface area contributed by atoms with Crippen LogP contribution in [0.5, 0.6) is 0 Å². The van der Waals surface area contributed by atoms with Crippen molar-refractivity contribution in [1.82, 2.24) is 0 Å². The second-order valence-corrected chi connectivity index (χ2v) is 7.32. The lowest BCUT2D eigenvalue weighted by Crippen LogP contribution is -3.17. The summed E-state index contributed by atoms with van der Waals surface area (Å²) >= 11 is 0. The van der Waals surface area contributed by atoms with Crippen LogP contribution in [0, 0.1) is 12.8 Å². The Balaban J connectivity index is 1.50. The minimum absolute atomic E-state index is 0.00252. The number of aryl methyl sites for hydroxylation is 1. The van der Waals surface area contributed by atoms with Gasteiger partial charge in [-0.3, -0.25) is 4.79 Å². The predicted octanol–water partition coefficient (Wildman–Crippen LogP) is 2.86. The van der Waals surface area contributed by atoms with Gasteiger partial charge < -0.3 is 10.2 Å². The number of hydrogen-bond acceptors (Lipinski definition) is 1. The Morgan fingerprint density at radius 2 is 1.72 bits per heavy atom. The summed E-state index contributed by atoms with van der Waals surface area (Å²) in [7, 11) is 0. The van der Waals surface area contributed by atoms with Crippen LogP contribution >= 0.6 is 0 Å². The van der Waals surface area contributed by atoms with Crippen molar-refractivity contribution in [3.8, 4) is 0 Å². The first-order valence-electron chi connectivity index (χ1n) is 9.38. The summed E-state index contributed by atoms with van der Waals surface area (Å²) in [5, 5.41) is 3.10. The molecule has 1 amide bonds. The Kier molecular flexibility index (Phi) is 5.87. The number of benzene rings is 2. The number of piperidine rings is 1. The molecule has 0 aliphatic carbocycles. The Hall–Kier alpha value is -2.13. The zero-order chi connectivity index (χ0) is 17.6. The minimum Gasteiger partial charge on any atom is -0.325 e. The predicted molar refractivity (Wildman–Crippen MR) is 103 cm³/mol. The van der Waals surface area contributed by atoms with E-state index >= 15 is 0 Å². The van der Waals surface area contributed by atoms with Gasteiger partial charge in [-0.1, -0.05) is 48.5 Å². The first kappa shape index (κ1) is 17.7. The van der Waals surface area contributed by atoms with Gasteiger partial charge in [0.25, 0.3) is 5.91 Å². The van der Waals surface area contributed by atoms with Gasteiger partial charge in [-0.2, -0.15) is 0 Å². The molecule has 2 aromatic carbocycles. The maximum absolute atomic E-state index is 12.6. The lowest BCUT2D eigenvalue weighted by Gasteiger charge is -2.32. The maximum Gasteiger partial charge on any atom is 0.282 e. The number of para-hydroxylation sites is 1. The fourth-order valence-corrected chi connectivity index (χ4v) is 3.77. The standard InChI is InChI=1S/C22H28N2O/c1-17-8-6-7-11-21(17)23-22(25)18(2)24-14-12-20(13-15-24)16-19-9-4-3-5-10-19/h3-11,18,20H,12-16H2,1-2H3,(H,23,25)/p+1/t18-/m0/s1. The number of carbonyl (C=O) groups excluding carboxylic acids is 1. The molecule has 1 aliphatic heterocycles. The highest BCUT2D eigenvalue weighted by atomic mass is 16.2. The molecular weight excluding hydrogens is 308 g/mol. The van der Waals surface area contributed by atoms with Crippen LogP contribution in [0.25, 0.3) is 0 Å². The quantitative estimate of drug-likeness (QED) is 0.864. The van der Waals surface area contributed by atoms with Crippen molar-refractivity contribution in [3.63, 3.8) is 0 Å². The van der Waals surface area contributed by atoms with Crippen LogP contribution in [0.4, 0.5) is 5.69 Å². The Morgan fingerprint density at radius 1 is 1.08 bits per heavy atom. The van der Waals surface area contributed by atoms with Gasteiger partial charge in [-0.05, 0) is 56.2 Å². The number of hydrogen-bond donors (Lipinski definition) is 2. The molecule has 3 nitrogen and oxygen atoms in total. The van der Waals surface area contributed by atoms with E-state index in [2.05, 4.69) is 42.6 Å². The van der Waals surface area contributed by atoms with Gasteiger partial charge in [-0.15, -0.1) is 0 Å². The molecule has 0 aromatic heterocycles. The van der Waals surface area contributed by atoms with E-state index in [-0.39, 0.29) is 11.9 Å². The van der Waals surface area contributed by atoms with Crippen LogP contribution in [0.1, 0.15) is 30.9 Å². The summed E-state index contributed by atoms with van der Waals surface area (Å²) in [5.74, 6) is 0.878. The van der Waals surface area contributed by atoms with Crippen molar-refractivity contribution in [3.05, 3.63) is 65.7 Å². The van der Waals surface area contributed by atoms with E-state index in [0.29, 0.717) is 0 Å². The number of nitrogens with one attached hydrogen (secondary N) is 2. The molecule has 1 aliphatic rings. The average molecular weight is 337 g/mol. The van der Waals surface area contributed by atoms with Crippen molar-refractivity contribution >= 4 is 11.6 Å². The maximum atomic E-state index is 12.6. The molecule has 1 saturated heterocycles. The molecule has 3 rings (SSSR count). The number of rotatable bonds is 5. The van der Waals surface area contributed by atoms with E-state index in [4.69, 9.17) is 0 Å². The zero-order valence-corrected chi connectivity index (χ0v) is 15.3. The third-order valence-electron chi connectivity index (χ3n) is 5.52.